The fraction of sp³-hybridized carbons (Fsp3) is 0.231. The van der Waals surface area contributed by atoms with Crippen LogP contribution in [0, 0.1) is 0 Å². The van der Waals surface area contributed by atoms with Crippen LogP contribution in [0.2, 0.25) is 10.4 Å². The monoisotopic (exact) mass is 345 g/mol. The number of halogens is 2. The van der Waals surface area contributed by atoms with Crippen LogP contribution in [-0.4, -0.2) is 18.4 Å². The first-order chi connectivity index (χ1) is 9.78. The third kappa shape index (κ3) is 4.06. The van der Waals surface area contributed by atoms with Crippen LogP contribution in [0.15, 0.2) is 35.2 Å². The van der Waals surface area contributed by atoms with Gasteiger partial charge in [0.15, 0.2) is 0 Å². The van der Waals surface area contributed by atoms with Crippen molar-refractivity contribution in [1.29, 1.82) is 0 Å². The molecule has 21 heavy (non-hydrogen) atoms. The lowest BCUT2D eigenvalue weighted by Crippen LogP contribution is -2.14. The number of nitrogens with zero attached hydrogens (tertiary/aromatic N) is 2. The molecule has 1 aromatic heterocycles. The van der Waals surface area contributed by atoms with Crippen molar-refractivity contribution in [2.75, 3.05) is 4.72 Å². The first-order valence-corrected chi connectivity index (χ1v) is 8.35. The quantitative estimate of drug-likeness (QED) is 0.677. The van der Waals surface area contributed by atoms with Crippen molar-refractivity contribution < 1.29 is 8.42 Å². The van der Waals surface area contributed by atoms with Crippen LogP contribution in [0.1, 0.15) is 25.3 Å². The van der Waals surface area contributed by atoms with Gasteiger partial charge in [-0.3, -0.25) is 4.72 Å². The predicted molar refractivity (Wildman–Crippen MR) is 83.4 cm³/mol. The summed E-state index contributed by atoms with van der Waals surface area (Å²) in [6, 6.07) is 7.93. The average molecular weight is 346 g/mol. The summed E-state index contributed by atoms with van der Waals surface area (Å²) in [5.41, 5.74) is 1.06. The highest BCUT2D eigenvalue weighted by Gasteiger charge is 2.16. The van der Waals surface area contributed by atoms with E-state index in [1.807, 2.05) is 13.8 Å². The molecule has 0 spiro atoms. The number of nitrogens with one attached hydrogen (secondary N) is 1. The summed E-state index contributed by atoms with van der Waals surface area (Å²) >= 11 is 11.3. The van der Waals surface area contributed by atoms with Gasteiger partial charge in [-0.15, -0.1) is 0 Å². The van der Waals surface area contributed by atoms with Crippen LogP contribution in [0.4, 0.5) is 5.82 Å². The molecule has 0 unspecified atom stereocenters. The Labute approximate surface area is 133 Å². The van der Waals surface area contributed by atoms with Gasteiger partial charge in [-0.1, -0.05) is 37.6 Å². The lowest BCUT2D eigenvalue weighted by Gasteiger charge is -2.09. The summed E-state index contributed by atoms with van der Waals surface area (Å²) in [7, 11) is -3.75. The average Bonchev–Trinajstić information content (AvgIpc) is 2.37. The summed E-state index contributed by atoms with van der Waals surface area (Å²) < 4.78 is 26.8. The van der Waals surface area contributed by atoms with Crippen LogP contribution < -0.4 is 4.72 Å². The van der Waals surface area contributed by atoms with Gasteiger partial charge in [-0.25, -0.2) is 13.4 Å². The number of aromatic nitrogens is 2. The second-order valence-electron chi connectivity index (χ2n) is 4.67. The van der Waals surface area contributed by atoms with Crippen molar-refractivity contribution in [3.05, 3.63) is 46.3 Å². The maximum absolute atomic E-state index is 12.2. The molecule has 0 bridgehead atoms. The van der Waals surface area contributed by atoms with Gasteiger partial charge in [0.25, 0.3) is 10.0 Å². The Kier molecular flexibility index (Phi) is 4.70. The number of anilines is 1. The van der Waals surface area contributed by atoms with E-state index in [0.29, 0.717) is 5.92 Å². The number of hydrogen-bond donors (Lipinski definition) is 1. The Hall–Kier alpha value is -1.37. The molecule has 0 aliphatic carbocycles. The minimum atomic E-state index is -3.75. The Morgan fingerprint density at radius 2 is 1.71 bits per heavy atom. The molecule has 0 amide bonds. The first-order valence-electron chi connectivity index (χ1n) is 6.11. The van der Waals surface area contributed by atoms with E-state index >= 15 is 0 Å². The molecule has 8 heteroatoms. The zero-order valence-corrected chi connectivity index (χ0v) is 13.7. The number of sulfonamides is 1. The van der Waals surface area contributed by atoms with Crippen molar-refractivity contribution >= 4 is 39.0 Å². The van der Waals surface area contributed by atoms with Crippen LogP contribution in [0.25, 0.3) is 0 Å². The zero-order valence-electron chi connectivity index (χ0n) is 11.3. The molecule has 0 fully saturated rings. The van der Waals surface area contributed by atoms with Crippen molar-refractivity contribution in [3.8, 4) is 0 Å². The minimum Gasteiger partial charge on any atom is -0.263 e. The molecule has 5 nitrogen and oxygen atoms in total. The lowest BCUT2D eigenvalue weighted by molar-refractivity contribution is 0.601. The summed E-state index contributed by atoms with van der Waals surface area (Å²) in [6.07, 6.45) is 0. The van der Waals surface area contributed by atoms with Gasteiger partial charge >= 0.3 is 0 Å². The lowest BCUT2D eigenvalue weighted by atomic mass is 10.0. The van der Waals surface area contributed by atoms with E-state index in [1.54, 1.807) is 24.3 Å². The fourth-order valence-electron chi connectivity index (χ4n) is 1.67. The highest BCUT2D eigenvalue weighted by Crippen LogP contribution is 2.21. The molecular weight excluding hydrogens is 333 g/mol. The molecule has 112 valence electrons. The molecule has 1 N–H and O–H groups in total. The molecule has 0 atom stereocenters. The van der Waals surface area contributed by atoms with E-state index in [9.17, 15) is 8.42 Å². The summed E-state index contributed by atoms with van der Waals surface area (Å²) in [5, 5.41) is -0.0711. The molecule has 0 aliphatic heterocycles. The molecule has 2 aromatic rings. The Morgan fingerprint density at radius 3 is 2.24 bits per heavy atom. The number of rotatable bonds is 4. The highest BCUT2D eigenvalue weighted by molar-refractivity contribution is 7.92. The third-order valence-corrected chi connectivity index (χ3v) is 4.50. The van der Waals surface area contributed by atoms with Crippen LogP contribution in [-0.2, 0) is 10.0 Å². The summed E-state index contributed by atoms with van der Waals surface area (Å²) in [5.74, 6) is 0.349. The fourth-order valence-corrected chi connectivity index (χ4v) is 3.07. The topological polar surface area (TPSA) is 72.0 Å². The zero-order chi connectivity index (χ0) is 15.6. The van der Waals surface area contributed by atoms with Crippen LogP contribution >= 0.6 is 23.2 Å². The summed E-state index contributed by atoms with van der Waals surface area (Å²) in [4.78, 5) is 7.56. The minimum absolute atomic E-state index is 0.0212. The molecule has 1 aromatic carbocycles. The van der Waals surface area contributed by atoms with Crippen molar-refractivity contribution in [3.63, 3.8) is 0 Å². The Morgan fingerprint density at radius 1 is 1.10 bits per heavy atom. The molecule has 2 rings (SSSR count). The molecular formula is C13H13Cl2N3O2S. The molecule has 1 heterocycles. The van der Waals surface area contributed by atoms with Gasteiger partial charge in [0.1, 0.15) is 11.0 Å². The van der Waals surface area contributed by atoms with Gasteiger partial charge in [0.2, 0.25) is 5.28 Å². The SMILES string of the molecule is CC(C)c1ccc(S(=O)(=O)Nc2cc(Cl)nc(Cl)n2)cc1. The van der Waals surface area contributed by atoms with Gasteiger partial charge < -0.3 is 0 Å². The van der Waals surface area contributed by atoms with Gasteiger partial charge in [0, 0.05) is 6.07 Å². The van der Waals surface area contributed by atoms with Crippen molar-refractivity contribution in [1.82, 2.24) is 9.97 Å². The van der Waals surface area contributed by atoms with Gasteiger partial charge in [-0.05, 0) is 35.2 Å². The normalized spacial score (nSPS) is 11.7. The maximum Gasteiger partial charge on any atom is 0.263 e. The molecule has 0 aliphatic rings. The van der Waals surface area contributed by atoms with Gasteiger partial charge in [-0.2, -0.15) is 4.98 Å². The van der Waals surface area contributed by atoms with E-state index in [1.165, 1.54) is 6.07 Å². The van der Waals surface area contributed by atoms with Crippen LogP contribution in [0.3, 0.4) is 0 Å². The first kappa shape index (κ1) is 16.0. The Bertz CT molecular complexity index is 726. The maximum atomic E-state index is 12.2. The molecule has 0 radical (unpaired) electrons. The largest absolute Gasteiger partial charge is 0.263 e. The predicted octanol–water partition coefficient (Wildman–Crippen LogP) is 3.71. The second-order valence-corrected chi connectivity index (χ2v) is 7.08. The van der Waals surface area contributed by atoms with E-state index in [0.717, 1.165) is 5.56 Å². The van der Waals surface area contributed by atoms with Crippen LogP contribution in [0.5, 0.6) is 0 Å². The third-order valence-electron chi connectivity index (χ3n) is 2.76. The van der Waals surface area contributed by atoms with Crippen molar-refractivity contribution in [2.24, 2.45) is 0 Å². The highest BCUT2D eigenvalue weighted by atomic mass is 35.5. The molecule has 0 saturated carbocycles. The van der Waals surface area contributed by atoms with E-state index in [4.69, 9.17) is 23.2 Å². The smallest absolute Gasteiger partial charge is 0.263 e. The van der Waals surface area contributed by atoms with Gasteiger partial charge in [0.05, 0.1) is 4.90 Å². The Balaban J connectivity index is 2.29. The molecule has 0 saturated heterocycles. The van der Waals surface area contributed by atoms with E-state index in [2.05, 4.69) is 14.7 Å². The van der Waals surface area contributed by atoms with E-state index < -0.39 is 10.0 Å². The van der Waals surface area contributed by atoms with E-state index in [-0.39, 0.29) is 21.2 Å². The van der Waals surface area contributed by atoms with Crippen molar-refractivity contribution in [2.45, 2.75) is 24.7 Å². The standard InChI is InChI=1S/C13H13Cl2N3O2S/c1-8(2)9-3-5-10(6-4-9)21(19,20)18-12-7-11(14)16-13(15)17-12/h3-8H,1-2H3,(H,16,17,18). The second kappa shape index (κ2) is 6.17. The summed E-state index contributed by atoms with van der Waals surface area (Å²) in [6.45, 7) is 4.07. The number of benzene rings is 1. The number of hydrogen-bond acceptors (Lipinski definition) is 4.